The lowest BCUT2D eigenvalue weighted by molar-refractivity contribution is -0.143. The molecule has 0 aromatic carbocycles. The average molecular weight is 363 g/mol. The first-order chi connectivity index (χ1) is 12.6. The molecule has 0 saturated carbocycles. The molecule has 1 aromatic rings. The molecule has 1 spiro atoms. The van der Waals surface area contributed by atoms with Gasteiger partial charge in [0.15, 0.2) is 0 Å². The first kappa shape index (κ1) is 18.8. The van der Waals surface area contributed by atoms with Crippen molar-refractivity contribution >= 4 is 11.8 Å². The van der Waals surface area contributed by atoms with Crippen molar-refractivity contribution in [2.45, 2.75) is 45.1 Å². The van der Waals surface area contributed by atoms with Gasteiger partial charge in [-0.1, -0.05) is 0 Å². The first-order valence-corrected chi connectivity index (χ1v) is 9.49. The molecule has 8 nitrogen and oxygen atoms in total. The first-order valence-electron chi connectivity index (χ1n) is 9.49. The molecule has 2 aliphatic rings. The quantitative estimate of drug-likeness (QED) is 0.674. The van der Waals surface area contributed by atoms with Gasteiger partial charge in [-0.3, -0.25) is 9.59 Å². The molecule has 0 N–H and O–H groups in total. The molecular formula is C18H29N5O3. The Hall–Kier alpha value is -1.96. The lowest BCUT2D eigenvalue weighted by Crippen LogP contribution is -2.55. The molecule has 0 radical (unpaired) electrons. The van der Waals surface area contributed by atoms with Crippen LogP contribution < -0.4 is 0 Å². The third-order valence-corrected chi connectivity index (χ3v) is 5.59. The van der Waals surface area contributed by atoms with E-state index in [-0.39, 0.29) is 17.2 Å². The highest BCUT2D eigenvalue weighted by atomic mass is 16.5. The van der Waals surface area contributed by atoms with Crippen LogP contribution in [-0.2, 0) is 20.9 Å². The molecule has 2 fully saturated rings. The normalized spacial score (nSPS) is 23.7. The predicted molar refractivity (Wildman–Crippen MR) is 95.2 cm³/mol. The second kappa shape index (κ2) is 8.62. The topological polar surface area (TPSA) is 80.6 Å². The van der Waals surface area contributed by atoms with Crippen molar-refractivity contribution in [3.63, 3.8) is 0 Å². The van der Waals surface area contributed by atoms with Crippen LogP contribution in [0.3, 0.4) is 0 Å². The SMILES string of the molecule is COCCCN1C[C@@]2(CCCN(C(=O)CCn3cnnc3)C2)CCC1=O. The lowest BCUT2D eigenvalue weighted by Gasteiger charge is -2.48. The van der Waals surface area contributed by atoms with E-state index in [2.05, 4.69) is 10.2 Å². The zero-order valence-electron chi connectivity index (χ0n) is 15.6. The molecule has 2 aliphatic heterocycles. The molecule has 3 rings (SSSR count). The van der Waals surface area contributed by atoms with Gasteiger partial charge in [0.1, 0.15) is 12.7 Å². The smallest absolute Gasteiger partial charge is 0.224 e. The third kappa shape index (κ3) is 4.60. The Labute approximate surface area is 154 Å². The minimum Gasteiger partial charge on any atom is -0.385 e. The maximum Gasteiger partial charge on any atom is 0.224 e. The van der Waals surface area contributed by atoms with E-state index in [0.29, 0.717) is 26.0 Å². The summed E-state index contributed by atoms with van der Waals surface area (Å²) in [5.41, 5.74) is 0.0610. The number of ether oxygens (including phenoxy) is 1. The molecule has 8 heteroatoms. The maximum absolute atomic E-state index is 12.7. The van der Waals surface area contributed by atoms with Crippen LogP contribution >= 0.6 is 0 Å². The van der Waals surface area contributed by atoms with Crippen LogP contribution in [0.2, 0.25) is 0 Å². The van der Waals surface area contributed by atoms with Crippen molar-refractivity contribution in [2.75, 3.05) is 39.9 Å². The van der Waals surface area contributed by atoms with Crippen molar-refractivity contribution in [2.24, 2.45) is 5.41 Å². The summed E-state index contributed by atoms with van der Waals surface area (Å²) in [6.45, 7) is 4.38. The molecule has 2 amide bonds. The maximum atomic E-state index is 12.7. The number of rotatable bonds is 7. The number of aromatic nitrogens is 3. The third-order valence-electron chi connectivity index (χ3n) is 5.59. The minimum atomic E-state index is 0.0610. The van der Waals surface area contributed by atoms with E-state index in [4.69, 9.17) is 4.74 Å². The number of methoxy groups -OCH3 is 1. The van der Waals surface area contributed by atoms with Crippen LogP contribution in [0.15, 0.2) is 12.7 Å². The fourth-order valence-electron chi connectivity index (χ4n) is 4.18. The Morgan fingerprint density at radius 3 is 2.81 bits per heavy atom. The van der Waals surface area contributed by atoms with E-state index in [9.17, 15) is 9.59 Å². The largest absolute Gasteiger partial charge is 0.385 e. The van der Waals surface area contributed by atoms with Gasteiger partial charge in [-0.2, -0.15) is 0 Å². The molecule has 0 aliphatic carbocycles. The van der Waals surface area contributed by atoms with Crippen molar-refractivity contribution in [1.29, 1.82) is 0 Å². The summed E-state index contributed by atoms with van der Waals surface area (Å²) in [7, 11) is 1.68. The van der Waals surface area contributed by atoms with Crippen molar-refractivity contribution < 1.29 is 14.3 Å². The zero-order chi connectivity index (χ0) is 18.4. The zero-order valence-corrected chi connectivity index (χ0v) is 15.6. The number of nitrogens with zero attached hydrogens (tertiary/aromatic N) is 5. The number of likely N-dealkylation sites (tertiary alicyclic amines) is 2. The van der Waals surface area contributed by atoms with E-state index in [1.54, 1.807) is 19.8 Å². The number of amides is 2. The van der Waals surface area contributed by atoms with Crippen LogP contribution in [0.1, 0.15) is 38.5 Å². The Balaban J connectivity index is 1.55. The molecule has 0 bridgehead atoms. The lowest BCUT2D eigenvalue weighted by atomic mass is 9.73. The van der Waals surface area contributed by atoms with Gasteiger partial charge in [-0.05, 0) is 25.7 Å². The second-order valence-corrected chi connectivity index (χ2v) is 7.53. The summed E-state index contributed by atoms with van der Waals surface area (Å²) in [6.07, 6.45) is 8.18. The fraction of sp³-hybridized carbons (Fsp3) is 0.778. The summed E-state index contributed by atoms with van der Waals surface area (Å²) < 4.78 is 6.94. The molecule has 26 heavy (non-hydrogen) atoms. The summed E-state index contributed by atoms with van der Waals surface area (Å²) in [5, 5.41) is 7.54. The summed E-state index contributed by atoms with van der Waals surface area (Å²) in [6, 6.07) is 0. The average Bonchev–Trinajstić information content (AvgIpc) is 3.17. The van der Waals surface area contributed by atoms with E-state index in [0.717, 1.165) is 51.9 Å². The van der Waals surface area contributed by atoms with Crippen molar-refractivity contribution in [1.82, 2.24) is 24.6 Å². The highest BCUT2D eigenvalue weighted by molar-refractivity contribution is 5.78. The van der Waals surface area contributed by atoms with Gasteiger partial charge >= 0.3 is 0 Å². The van der Waals surface area contributed by atoms with Gasteiger partial charge < -0.3 is 19.1 Å². The predicted octanol–water partition coefficient (Wildman–Crippen LogP) is 0.936. The minimum absolute atomic E-state index is 0.0610. The number of hydrogen-bond donors (Lipinski definition) is 0. The van der Waals surface area contributed by atoms with Gasteiger partial charge in [0.25, 0.3) is 0 Å². The van der Waals surface area contributed by atoms with Crippen LogP contribution in [-0.4, -0.2) is 76.3 Å². The number of carbonyl (C=O) groups is 2. The summed E-state index contributed by atoms with van der Waals surface area (Å²) in [4.78, 5) is 28.9. The monoisotopic (exact) mass is 363 g/mol. The van der Waals surface area contributed by atoms with Gasteiger partial charge in [-0.25, -0.2) is 0 Å². The van der Waals surface area contributed by atoms with Gasteiger partial charge in [0.2, 0.25) is 11.8 Å². The molecule has 1 atom stereocenters. The fourth-order valence-corrected chi connectivity index (χ4v) is 4.18. The highest BCUT2D eigenvalue weighted by Crippen LogP contribution is 2.39. The van der Waals surface area contributed by atoms with Crippen LogP contribution in [0, 0.1) is 5.41 Å². The van der Waals surface area contributed by atoms with Gasteiger partial charge in [0, 0.05) is 64.7 Å². The number of aryl methyl sites for hydroxylation is 1. The standard InChI is InChI=1S/C18H29N5O3/c1-26-11-3-9-23-13-18(7-4-16(23)24)6-2-8-22(12-18)17(25)5-10-21-14-19-20-15-21/h14-15H,2-13H2,1H3/t18-/m0/s1. The highest BCUT2D eigenvalue weighted by Gasteiger charge is 2.42. The molecule has 1 aromatic heterocycles. The van der Waals surface area contributed by atoms with Gasteiger partial charge in [0.05, 0.1) is 0 Å². The van der Waals surface area contributed by atoms with Gasteiger partial charge in [-0.15, -0.1) is 10.2 Å². The summed E-state index contributed by atoms with van der Waals surface area (Å²) >= 11 is 0. The van der Waals surface area contributed by atoms with E-state index in [1.807, 2.05) is 14.4 Å². The Bertz CT molecular complexity index is 606. The Kier molecular flexibility index (Phi) is 6.24. The molecule has 3 heterocycles. The van der Waals surface area contributed by atoms with Crippen molar-refractivity contribution in [3.8, 4) is 0 Å². The molecule has 2 saturated heterocycles. The van der Waals surface area contributed by atoms with E-state index < -0.39 is 0 Å². The Morgan fingerprint density at radius 1 is 1.23 bits per heavy atom. The molecular weight excluding hydrogens is 334 g/mol. The Morgan fingerprint density at radius 2 is 2.04 bits per heavy atom. The van der Waals surface area contributed by atoms with E-state index >= 15 is 0 Å². The van der Waals surface area contributed by atoms with Crippen molar-refractivity contribution in [3.05, 3.63) is 12.7 Å². The summed E-state index contributed by atoms with van der Waals surface area (Å²) in [5.74, 6) is 0.420. The van der Waals surface area contributed by atoms with E-state index in [1.165, 1.54) is 0 Å². The molecule has 0 unspecified atom stereocenters. The van der Waals surface area contributed by atoms with Crippen LogP contribution in [0.5, 0.6) is 0 Å². The second-order valence-electron chi connectivity index (χ2n) is 7.53. The number of carbonyl (C=O) groups excluding carboxylic acids is 2. The number of piperidine rings is 2. The molecule has 144 valence electrons. The number of hydrogen-bond acceptors (Lipinski definition) is 5. The van der Waals surface area contributed by atoms with Crippen LogP contribution in [0.4, 0.5) is 0 Å². The van der Waals surface area contributed by atoms with Crippen LogP contribution in [0.25, 0.3) is 0 Å².